The molecule has 0 radical (unpaired) electrons. The van der Waals surface area contributed by atoms with Crippen LogP contribution in [0.3, 0.4) is 0 Å². The van der Waals surface area contributed by atoms with Gasteiger partial charge in [-0.2, -0.15) is 0 Å². The van der Waals surface area contributed by atoms with Gasteiger partial charge in [0.2, 0.25) is 0 Å². The first-order chi connectivity index (χ1) is 10.1. The first-order valence-corrected chi connectivity index (χ1v) is 7.54. The average molecular weight is 301 g/mol. The quantitative estimate of drug-likeness (QED) is 0.761. The summed E-state index contributed by atoms with van der Waals surface area (Å²) in [7, 11) is 0. The summed E-state index contributed by atoms with van der Waals surface area (Å²) in [5.41, 5.74) is 2.14. The molecule has 21 heavy (non-hydrogen) atoms. The number of ether oxygens (including phenoxy) is 1. The molecule has 1 saturated heterocycles. The van der Waals surface area contributed by atoms with E-state index in [-0.39, 0.29) is 23.9 Å². The SMILES string of the molecule is C[C@@H]1C[C@@H](c2ccc(Cl)cc2)[C@H](c2ccccc2)C(=O)O1. The lowest BCUT2D eigenvalue weighted by Crippen LogP contribution is -2.34. The molecule has 3 heteroatoms. The maximum absolute atomic E-state index is 12.4. The molecule has 1 fully saturated rings. The van der Waals surface area contributed by atoms with Gasteiger partial charge in [-0.15, -0.1) is 0 Å². The molecule has 0 aliphatic carbocycles. The molecule has 1 aliphatic heterocycles. The molecule has 0 bridgehead atoms. The van der Waals surface area contributed by atoms with Crippen molar-refractivity contribution in [2.24, 2.45) is 0 Å². The second-order valence-electron chi connectivity index (χ2n) is 5.53. The number of rotatable bonds is 2. The van der Waals surface area contributed by atoms with E-state index in [4.69, 9.17) is 16.3 Å². The van der Waals surface area contributed by atoms with Gasteiger partial charge in [-0.3, -0.25) is 4.79 Å². The van der Waals surface area contributed by atoms with Crippen LogP contribution in [0.25, 0.3) is 0 Å². The van der Waals surface area contributed by atoms with Crippen molar-refractivity contribution in [2.75, 3.05) is 0 Å². The summed E-state index contributed by atoms with van der Waals surface area (Å²) in [6, 6.07) is 17.6. The number of benzene rings is 2. The first-order valence-electron chi connectivity index (χ1n) is 7.16. The Balaban J connectivity index is 2.01. The van der Waals surface area contributed by atoms with E-state index in [1.807, 2.05) is 61.5 Å². The minimum atomic E-state index is -0.247. The lowest BCUT2D eigenvalue weighted by Gasteiger charge is -2.34. The molecule has 0 amide bonds. The monoisotopic (exact) mass is 300 g/mol. The molecule has 108 valence electrons. The van der Waals surface area contributed by atoms with Gasteiger partial charge >= 0.3 is 5.97 Å². The smallest absolute Gasteiger partial charge is 0.314 e. The third-order valence-corrected chi connectivity index (χ3v) is 4.27. The van der Waals surface area contributed by atoms with Crippen molar-refractivity contribution in [3.05, 3.63) is 70.7 Å². The Morgan fingerprint density at radius 1 is 1.00 bits per heavy atom. The molecule has 2 nitrogen and oxygen atoms in total. The van der Waals surface area contributed by atoms with E-state index in [1.165, 1.54) is 0 Å². The van der Waals surface area contributed by atoms with E-state index in [9.17, 15) is 4.79 Å². The van der Waals surface area contributed by atoms with Gasteiger partial charge in [0.25, 0.3) is 0 Å². The Hall–Kier alpha value is -1.80. The summed E-state index contributed by atoms with van der Waals surface area (Å²) in [4.78, 5) is 12.4. The van der Waals surface area contributed by atoms with Crippen molar-refractivity contribution in [3.63, 3.8) is 0 Å². The topological polar surface area (TPSA) is 26.3 Å². The maximum atomic E-state index is 12.4. The Labute approximate surface area is 129 Å². The largest absolute Gasteiger partial charge is 0.462 e. The predicted molar refractivity (Wildman–Crippen MR) is 83.5 cm³/mol. The molecule has 1 heterocycles. The highest BCUT2D eigenvalue weighted by molar-refractivity contribution is 6.30. The van der Waals surface area contributed by atoms with E-state index < -0.39 is 0 Å². The fourth-order valence-corrected chi connectivity index (χ4v) is 3.17. The van der Waals surface area contributed by atoms with Crippen molar-refractivity contribution >= 4 is 17.6 Å². The Kier molecular flexibility index (Phi) is 3.98. The number of hydrogen-bond donors (Lipinski definition) is 0. The fourth-order valence-electron chi connectivity index (χ4n) is 3.04. The van der Waals surface area contributed by atoms with Gasteiger partial charge in [0.1, 0.15) is 0 Å². The standard InChI is InChI=1S/C18H17ClO2/c1-12-11-16(13-7-9-15(19)10-8-13)17(18(20)21-12)14-5-3-2-4-6-14/h2-10,12,16-17H,11H2,1H3/t12-,16+,17+/m1/s1. The Bertz CT molecular complexity index is 621. The van der Waals surface area contributed by atoms with Crippen LogP contribution in [0.2, 0.25) is 5.02 Å². The molecule has 0 N–H and O–H groups in total. The van der Waals surface area contributed by atoms with Crippen LogP contribution in [-0.2, 0) is 9.53 Å². The number of carbonyl (C=O) groups excluding carboxylic acids is 1. The zero-order valence-electron chi connectivity index (χ0n) is 11.8. The second-order valence-corrected chi connectivity index (χ2v) is 5.97. The lowest BCUT2D eigenvalue weighted by atomic mass is 9.77. The van der Waals surface area contributed by atoms with Crippen LogP contribution >= 0.6 is 11.6 Å². The third-order valence-electron chi connectivity index (χ3n) is 4.02. The summed E-state index contributed by atoms with van der Waals surface area (Å²) in [5, 5.41) is 0.710. The van der Waals surface area contributed by atoms with Crippen LogP contribution in [0.5, 0.6) is 0 Å². The minimum Gasteiger partial charge on any atom is -0.462 e. The summed E-state index contributed by atoms with van der Waals surface area (Å²) >= 11 is 5.97. The zero-order chi connectivity index (χ0) is 14.8. The molecule has 2 aromatic rings. The van der Waals surface area contributed by atoms with Crippen LogP contribution in [-0.4, -0.2) is 12.1 Å². The molecule has 0 aromatic heterocycles. The third kappa shape index (κ3) is 2.96. The highest BCUT2D eigenvalue weighted by Crippen LogP contribution is 2.41. The molecule has 2 aromatic carbocycles. The maximum Gasteiger partial charge on any atom is 0.314 e. The Morgan fingerprint density at radius 3 is 2.33 bits per heavy atom. The van der Waals surface area contributed by atoms with Crippen LogP contribution in [0.1, 0.15) is 36.3 Å². The number of carbonyl (C=O) groups is 1. The van der Waals surface area contributed by atoms with Crippen LogP contribution in [0.4, 0.5) is 0 Å². The van der Waals surface area contributed by atoms with Crippen molar-refractivity contribution in [2.45, 2.75) is 31.3 Å². The van der Waals surface area contributed by atoms with Crippen molar-refractivity contribution in [1.29, 1.82) is 0 Å². The molecule has 3 rings (SSSR count). The molecule has 1 aliphatic rings. The van der Waals surface area contributed by atoms with Crippen molar-refractivity contribution in [1.82, 2.24) is 0 Å². The van der Waals surface area contributed by atoms with Crippen LogP contribution in [0.15, 0.2) is 54.6 Å². The van der Waals surface area contributed by atoms with Crippen molar-refractivity contribution in [3.8, 4) is 0 Å². The van der Waals surface area contributed by atoms with Gasteiger partial charge < -0.3 is 4.74 Å². The predicted octanol–water partition coefficient (Wildman–Crippen LogP) is 4.54. The lowest BCUT2D eigenvalue weighted by molar-refractivity contribution is -0.156. The van der Waals surface area contributed by atoms with E-state index >= 15 is 0 Å². The van der Waals surface area contributed by atoms with Crippen LogP contribution < -0.4 is 0 Å². The molecular formula is C18H17ClO2. The van der Waals surface area contributed by atoms with Crippen LogP contribution in [0, 0.1) is 0 Å². The molecule has 0 unspecified atom stereocenters. The van der Waals surface area contributed by atoms with E-state index in [0.717, 1.165) is 17.5 Å². The zero-order valence-corrected chi connectivity index (χ0v) is 12.6. The van der Waals surface area contributed by atoms with Crippen molar-refractivity contribution < 1.29 is 9.53 Å². The highest BCUT2D eigenvalue weighted by atomic mass is 35.5. The van der Waals surface area contributed by atoms with Gasteiger partial charge in [-0.1, -0.05) is 54.1 Å². The molecule has 0 saturated carbocycles. The van der Waals surface area contributed by atoms with E-state index in [1.54, 1.807) is 0 Å². The number of esters is 1. The fraction of sp³-hybridized carbons (Fsp3) is 0.278. The second kappa shape index (κ2) is 5.90. The minimum absolute atomic E-state index is 0.0573. The average Bonchev–Trinajstić information content (AvgIpc) is 2.48. The molecule has 0 spiro atoms. The summed E-state index contributed by atoms with van der Waals surface area (Å²) < 4.78 is 5.46. The summed E-state index contributed by atoms with van der Waals surface area (Å²) in [6.07, 6.45) is 0.769. The van der Waals surface area contributed by atoms with Gasteiger partial charge in [-0.05, 0) is 36.6 Å². The van der Waals surface area contributed by atoms with Gasteiger partial charge in [0, 0.05) is 10.9 Å². The normalized spacial score (nSPS) is 25.4. The van der Waals surface area contributed by atoms with E-state index in [0.29, 0.717) is 5.02 Å². The van der Waals surface area contributed by atoms with Gasteiger partial charge in [0.05, 0.1) is 12.0 Å². The highest BCUT2D eigenvalue weighted by Gasteiger charge is 2.38. The number of cyclic esters (lactones) is 1. The van der Waals surface area contributed by atoms with Gasteiger partial charge in [0.15, 0.2) is 0 Å². The molecular weight excluding hydrogens is 284 g/mol. The number of hydrogen-bond acceptors (Lipinski definition) is 2. The molecule has 3 atom stereocenters. The first kappa shape index (κ1) is 14.2. The van der Waals surface area contributed by atoms with Gasteiger partial charge in [-0.25, -0.2) is 0 Å². The summed E-state index contributed by atoms with van der Waals surface area (Å²) in [6.45, 7) is 1.95. The number of halogens is 1. The Morgan fingerprint density at radius 2 is 1.67 bits per heavy atom. The summed E-state index contributed by atoms with van der Waals surface area (Å²) in [5.74, 6) is -0.260. The van der Waals surface area contributed by atoms with E-state index in [2.05, 4.69) is 0 Å².